The molecule has 0 fully saturated rings. The number of benzene rings is 4. The van der Waals surface area contributed by atoms with Crippen LogP contribution in [0.2, 0.25) is 0 Å². The Hall–Kier alpha value is -2.54. The van der Waals surface area contributed by atoms with E-state index < -0.39 is 0 Å². The van der Waals surface area contributed by atoms with Crippen LogP contribution in [-0.2, 0) is 20.1 Å². The summed E-state index contributed by atoms with van der Waals surface area (Å²) >= 11 is 0. The van der Waals surface area contributed by atoms with Gasteiger partial charge in [-0.1, -0.05) is 48.5 Å². The largest absolute Gasteiger partial charge is 0.296 e. The fourth-order valence-corrected chi connectivity index (χ4v) is 4.09. The van der Waals surface area contributed by atoms with Gasteiger partial charge in [0, 0.05) is 25.5 Å². The first-order valence-electron chi connectivity index (χ1n) is 8.17. The molecule has 1 heterocycles. The number of aromatic nitrogens is 1. The Balaban J connectivity index is 0.00000140. The predicted molar refractivity (Wildman–Crippen MR) is 100 cm³/mol. The van der Waals surface area contributed by atoms with Crippen molar-refractivity contribution in [3.8, 4) is 22.3 Å². The summed E-state index contributed by atoms with van der Waals surface area (Å²) in [4.78, 5) is 5.02. The third-order valence-electron chi connectivity index (χ3n) is 5.09. The van der Waals surface area contributed by atoms with Gasteiger partial charge in [-0.3, -0.25) is 4.98 Å². The maximum Gasteiger partial charge on any atom is 0.0608 e. The molecule has 0 unspecified atom stereocenters. The number of fused-ring (bicyclic) bond motifs is 7. The molecule has 0 amide bonds. The first-order valence-corrected chi connectivity index (χ1v) is 8.17. The van der Waals surface area contributed by atoms with Crippen LogP contribution < -0.4 is 0 Å². The fraction of sp³-hybridized carbons (Fsp3) is 0. The Kier molecular flexibility index (Phi) is 3.09. The molecule has 1 aromatic heterocycles. The minimum atomic E-state index is 0. The van der Waals surface area contributed by atoms with Crippen LogP contribution in [0.5, 0.6) is 0 Å². The van der Waals surface area contributed by atoms with E-state index >= 15 is 0 Å². The van der Waals surface area contributed by atoms with Gasteiger partial charge in [-0.25, -0.2) is 0 Å². The van der Waals surface area contributed by atoms with Gasteiger partial charge >= 0.3 is 0 Å². The van der Waals surface area contributed by atoms with E-state index in [1.165, 1.54) is 38.4 Å². The summed E-state index contributed by atoms with van der Waals surface area (Å²) in [6, 6.07) is 29.0. The molecule has 1 nitrogen and oxygen atoms in total. The maximum absolute atomic E-state index is 5.02. The van der Waals surface area contributed by atoms with E-state index in [0.29, 0.717) is 0 Å². The van der Waals surface area contributed by atoms with Gasteiger partial charge in [0.05, 0.1) is 5.52 Å². The Labute approximate surface area is 158 Å². The zero-order valence-electron chi connectivity index (χ0n) is 13.2. The molecule has 0 N–H and O–H groups in total. The van der Waals surface area contributed by atoms with E-state index in [-0.39, 0.29) is 20.1 Å². The molecule has 119 valence electrons. The van der Waals surface area contributed by atoms with Crippen molar-refractivity contribution in [2.45, 2.75) is 0 Å². The zero-order valence-corrected chi connectivity index (χ0v) is 15.6. The molecule has 25 heavy (non-hydrogen) atoms. The molecule has 0 saturated carbocycles. The fourth-order valence-electron chi connectivity index (χ4n) is 4.09. The van der Waals surface area contributed by atoms with Crippen molar-refractivity contribution < 1.29 is 20.1 Å². The molecule has 6 rings (SSSR count). The summed E-state index contributed by atoms with van der Waals surface area (Å²) < 4.78 is 0. The smallest absolute Gasteiger partial charge is 0.0608 e. The molecule has 0 bridgehead atoms. The molecule has 0 atom stereocenters. The van der Waals surface area contributed by atoms with E-state index in [9.17, 15) is 0 Å². The molecule has 1 aliphatic carbocycles. The molecular weight excluding hydrogens is 482 g/mol. The van der Waals surface area contributed by atoms with Crippen molar-refractivity contribution in [3.05, 3.63) is 78.9 Å². The van der Waals surface area contributed by atoms with E-state index in [1.54, 1.807) is 0 Å². The van der Waals surface area contributed by atoms with Crippen molar-refractivity contribution in [1.29, 1.82) is 0 Å². The van der Waals surface area contributed by atoms with Crippen LogP contribution in [0.4, 0.5) is 0 Å². The van der Waals surface area contributed by atoms with Crippen LogP contribution in [0.25, 0.3) is 54.8 Å². The van der Waals surface area contributed by atoms with Crippen LogP contribution in [0.3, 0.4) is 0 Å². The average molecular weight is 495 g/mol. The van der Waals surface area contributed by atoms with Gasteiger partial charge in [0.1, 0.15) is 0 Å². The van der Waals surface area contributed by atoms with E-state index in [1.807, 2.05) is 12.1 Å². The number of hydrogen-bond acceptors (Lipinski definition) is 1. The third-order valence-corrected chi connectivity index (χ3v) is 5.09. The minimum Gasteiger partial charge on any atom is -0.296 e. The molecule has 2 heteroatoms. The SMILES string of the molecule is [Ir].[c-]1cccc2ccc3c4c5c(cccc5nc3c12)-c1ccccc1-4. The van der Waals surface area contributed by atoms with Gasteiger partial charge in [0.2, 0.25) is 0 Å². The second kappa shape index (κ2) is 5.23. The molecule has 0 spiro atoms. The minimum absolute atomic E-state index is 0. The van der Waals surface area contributed by atoms with E-state index in [2.05, 4.69) is 66.7 Å². The summed E-state index contributed by atoms with van der Waals surface area (Å²) in [5, 5.41) is 4.78. The molecule has 4 aromatic carbocycles. The molecule has 0 saturated heterocycles. The van der Waals surface area contributed by atoms with Gasteiger partial charge < -0.3 is 0 Å². The first-order chi connectivity index (χ1) is 11.9. The van der Waals surface area contributed by atoms with Crippen molar-refractivity contribution in [3.63, 3.8) is 0 Å². The van der Waals surface area contributed by atoms with Crippen LogP contribution >= 0.6 is 0 Å². The average Bonchev–Trinajstić information content (AvgIpc) is 2.99. The molecule has 1 aliphatic rings. The molecular formula is C23H12IrN-. The maximum atomic E-state index is 5.02. The number of pyridine rings is 1. The topological polar surface area (TPSA) is 12.9 Å². The van der Waals surface area contributed by atoms with E-state index in [0.717, 1.165) is 16.4 Å². The van der Waals surface area contributed by atoms with Gasteiger partial charge in [-0.15, -0.1) is 35.0 Å². The third kappa shape index (κ3) is 1.84. The monoisotopic (exact) mass is 495 g/mol. The quantitative estimate of drug-likeness (QED) is 0.144. The van der Waals surface area contributed by atoms with Crippen LogP contribution in [0.1, 0.15) is 0 Å². The number of nitrogens with zero attached hydrogens (tertiary/aromatic N) is 1. The summed E-state index contributed by atoms with van der Waals surface area (Å²) in [7, 11) is 0. The van der Waals surface area contributed by atoms with Crippen molar-refractivity contribution in [2.24, 2.45) is 0 Å². The molecule has 0 aliphatic heterocycles. The Morgan fingerprint density at radius 3 is 2.48 bits per heavy atom. The second-order valence-electron chi connectivity index (χ2n) is 6.33. The summed E-state index contributed by atoms with van der Waals surface area (Å²) in [5.41, 5.74) is 7.35. The zero-order chi connectivity index (χ0) is 15.7. The first kappa shape index (κ1) is 14.8. The molecule has 1 radical (unpaired) electrons. The Morgan fingerprint density at radius 1 is 0.720 bits per heavy atom. The summed E-state index contributed by atoms with van der Waals surface area (Å²) in [6.45, 7) is 0. The predicted octanol–water partition coefficient (Wildman–Crippen LogP) is 5.99. The normalized spacial score (nSPS) is 11.7. The van der Waals surface area contributed by atoms with Crippen molar-refractivity contribution >= 4 is 32.6 Å². The van der Waals surface area contributed by atoms with Crippen LogP contribution in [0.15, 0.2) is 72.8 Å². The number of rotatable bonds is 0. The van der Waals surface area contributed by atoms with Gasteiger partial charge in [0.15, 0.2) is 0 Å². The second-order valence-corrected chi connectivity index (χ2v) is 6.33. The standard InChI is InChI=1S/C23H12N.Ir/c1-2-7-15-14(6-1)12-13-19-21-17-9-4-3-8-16(17)18-10-5-11-20(22(18)21)24-23(15)19;/h1-6,8-13H;/q-1;. The number of hydrogen-bond donors (Lipinski definition) is 0. The van der Waals surface area contributed by atoms with Gasteiger partial charge in [0.25, 0.3) is 0 Å². The Morgan fingerprint density at radius 2 is 1.56 bits per heavy atom. The van der Waals surface area contributed by atoms with Gasteiger partial charge in [-0.05, 0) is 39.2 Å². The summed E-state index contributed by atoms with van der Waals surface area (Å²) in [5.74, 6) is 0. The Bertz CT molecular complexity index is 1300. The van der Waals surface area contributed by atoms with E-state index in [4.69, 9.17) is 4.98 Å². The van der Waals surface area contributed by atoms with Gasteiger partial charge in [-0.2, -0.15) is 0 Å². The molecule has 5 aromatic rings. The summed E-state index contributed by atoms with van der Waals surface area (Å²) in [6.07, 6.45) is 0. The van der Waals surface area contributed by atoms with Crippen LogP contribution in [0, 0.1) is 6.07 Å². The van der Waals surface area contributed by atoms with Crippen molar-refractivity contribution in [1.82, 2.24) is 4.98 Å². The van der Waals surface area contributed by atoms with Crippen LogP contribution in [-0.4, -0.2) is 4.98 Å². The van der Waals surface area contributed by atoms with Crippen molar-refractivity contribution in [2.75, 3.05) is 0 Å².